The van der Waals surface area contributed by atoms with E-state index in [1.165, 1.54) is 6.20 Å². The number of carbonyl (C=O) groups excluding carboxylic acids is 1. The monoisotopic (exact) mass is 284 g/mol. The number of nitrogens with two attached hydrogens (primary N) is 1. The number of hydrogen-bond acceptors (Lipinski definition) is 6. The van der Waals surface area contributed by atoms with Gasteiger partial charge in [-0.15, -0.1) is 0 Å². The Balaban J connectivity index is 1.51. The van der Waals surface area contributed by atoms with Crippen molar-refractivity contribution in [1.82, 2.24) is 14.1 Å². The second kappa shape index (κ2) is 7.52. The van der Waals surface area contributed by atoms with Gasteiger partial charge in [0.25, 0.3) is 5.91 Å². The summed E-state index contributed by atoms with van der Waals surface area (Å²) in [6.45, 7) is 1.28. The smallest absolute Gasteiger partial charge is 0.272 e. The predicted octanol–water partition coefficient (Wildman–Crippen LogP) is 0.944. The third-order valence-electron chi connectivity index (χ3n) is 3.27. The molecule has 106 valence electrons. The van der Waals surface area contributed by atoms with Crippen molar-refractivity contribution < 1.29 is 9.53 Å². The highest BCUT2D eigenvalue weighted by atomic mass is 32.1. The van der Waals surface area contributed by atoms with E-state index in [9.17, 15) is 4.79 Å². The molecular weight excluding hydrogens is 264 g/mol. The maximum Gasteiger partial charge on any atom is 0.272 e. The molecule has 1 amide bonds. The van der Waals surface area contributed by atoms with Gasteiger partial charge in [-0.3, -0.25) is 4.79 Å². The van der Waals surface area contributed by atoms with Crippen LogP contribution >= 0.6 is 11.7 Å². The number of hydrogen-bond donors (Lipinski definition) is 2. The molecule has 3 N–H and O–H groups in total. The number of aromatic nitrogens is 2. The molecule has 1 aromatic rings. The summed E-state index contributed by atoms with van der Waals surface area (Å²) in [6, 6.07) is 0.353. The van der Waals surface area contributed by atoms with Crippen LogP contribution in [0.3, 0.4) is 0 Å². The van der Waals surface area contributed by atoms with Crippen molar-refractivity contribution in [3.63, 3.8) is 0 Å². The van der Waals surface area contributed by atoms with E-state index in [4.69, 9.17) is 10.5 Å². The van der Waals surface area contributed by atoms with Crippen molar-refractivity contribution in [3.8, 4) is 0 Å². The Morgan fingerprint density at radius 3 is 2.95 bits per heavy atom. The normalized spacial score (nSPS) is 23.2. The standard InChI is InChI=1S/C12H20N4O2S/c13-9-2-4-10(5-3-9)18-7-1-6-14-12(17)11-8-15-19-16-11/h8-10H,1-7,13H2,(H,14,17). The summed E-state index contributed by atoms with van der Waals surface area (Å²) in [7, 11) is 0. The second-order valence-corrected chi connectivity index (χ2v) is 5.37. The highest BCUT2D eigenvalue weighted by Crippen LogP contribution is 2.19. The van der Waals surface area contributed by atoms with Crippen LogP contribution in [0.4, 0.5) is 0 Å². The first-order valence-corrected chi connectivity index (χ1v) is 7.41. The van der Waals surface area contributed by atoms with Gasteiger partial charge in [0.1, 0.15) is 0 Å². The maximum atomic E-state index is 11.5. The third-order valence-corrected chi connectivity index (χ3v) is 3.75. The molecule has 7 heteroatoms. The van der Waals surface area contributed by atoms with Crippen molar-refractivity contribution in [3.05, 3.63) is 11.9 Å². The second-order valence-electron chi connectivity index (χ2n) is 4.81. The molecule has 0 atom stereocenters. The fourth-order valence-corrected chi connectivity index (χ4v) is 2.55. The third kappa shape index (κ3) is 4.85. The van der Waals surface area contributed by atoms with Crippen molar-refractivity contribution in [1.29, 1.82) is 0 Å². The number of nitrogens with zero attached hydrogens (tertiary/aromatic N) is 2. The molecule has 2 rings (SSSR count). The SMILES string of the molecule is NC1CCC(OCCCNC(=O)c2cnsn2)CC1. The van der Waals surface area contributed by atoms with Gasteiger partial charge in [0.15, 0.2) is 5.69 Å². The summed E-state index contributed by atoms with van der Waals surface area (Å²) in [4.78, 5) is 11.5. The molecule has 0 spiro atoms. The number of rotatable bonds is 6. The summed E-state index contributed by atoms with van der Waals surface area (Å²) in [5.74, 6) is -0.169. The first kappa shape index (κ1) is 14.4. The topological polar surface area (TPSA) is 90.1 Å². The average Bonchev–Trinajstić information content (AvgIpc) is 2.94. The summed E-state index contributed by atoms with van der Waals surface area (Å²) in [5.41, 5.74) is 6.22. The van der Waals surface area contributed by atoms with E-state index in [0.29, 0.717) is 31.0 Å². The van der Waals surface area contributed by atoms with E-state index in [0.717, 1.165) is 43.8 Å². The molecule has 6 nitrogen and oxygen atoms in total. The van der Waals surface area contributed by atoms with Crippen LogP contribution < -0.4 is 11.1 Å². The van der Waals surface area contributed by atoms with Gasteiger partial charge in [0, 0.05) is 19.2 Å². The molecule has 0 radical (unpaired) electrons. The van der Waals surface area contributed by atoms with Crippen LogP contribution in [0.25, 0.3) is 0 Å². The van der Waals surface area contributed by atoms with E-state index in [-0.39, 0.29) is 5.91 Å². The minimum Gasteiger partial charge on any atom is -0.378 e. The van der Waals surface area contributed by atoms with Crippen molar-refractivity contribution >= 4 is 17.6 Å². The van der Waals surface area contributed by atoms with Gasteiger partial charge in [0.05, 0.1) is 24.0 Å². The number of carbonyl (C=O) groups is 1. The zero-order valence-electron chi connectivity index (χ0n) is 10.9. The van der Waals surface area contributed by atoms with E-state index in [2.05, 4.69) is 14.1 Å². The molecular formula is C12H20N4O2S. The fourth-order valence-electron chi connectivity index (χ4n) is 2.13. The van der Waals surface area contributed by atoms with E-state index >= 15 is 0 Å². The fraction of sp³-hybridized carbons (Fsp3) is 0.750. The Bertz CT molecular complexity index is 377. The van der Waals surface area contributed by atoms with Crippen LogP contribution in [-0.4, -0.2) is 40.0 Å². The lowest BCUT2D eigenvalue weighted by Crippen LogP contribution is -2.31. The lowest BCUT2D eigenvalue weighted by Gasteiger charge is -2.26. The highest BCUT2D eigenvalue weighted by Gasteiger charge is 2.18. The molecule has 1 heterocycles. The van der Waals surface area contributed by atoms with Gasteiger partial charge < -0.3 is 15.8 Å². The molecule has 0 saturated heterocycles. The molecule has 1 aliphatic carbocycles. The molecule has 0 unspecified atom stereocenters. The van der Waals surface area contributed by atoms with Gasteiger partial charge in [-0.05, 0) is 32.1 Å². The molecule has 1 saturated carbocycles. The van der Waals surface area contributed by atoms with Crippen molar-refractivity contribution in [2.75, 3.05) is 13.2 Å². The molecule has 0 bridgehead atoms. The molecule has 0 aromatic carbocycles. The van der Waals surface area contributed by atoms with Crippen molar-refractivity contribution in [2.45, 2.75) is 44.2 Å². The number of amides is 1. The van der Waals surface area contributed by atoms with E-state index < -0.39 is 0 Å². The first-order chi connectivity index (χ1) is 9.25. The van der Waals surface area contributed by atoms with E-state index in [1.54, 1.807) is 0 Å². The lowest BCUT2D eigenvalue weighted by atomic mass is 9.94. The lowest BCUT2D eigenvalue weighted by molar-refractivity contribution is 0.0241. The van der Waals surface area contributed by atoms with Gasteiger partial charge in [-0.1, -0.05) is 0 Å². The number of nitrogens with one attached hydrogen (secondary N) is 1. The molecule has 0 aliphatic heterocycles. The zero-order chi connectivity index (χ0) is 13.5. The Morgan fingerprint density at radius 1 is 1.47 bits per heavy atom. The Morgan fingerprint density at radius 2 is 2.26 bits per heavy atom. The van der Waals surface area contributed by atoms with Crippen LogP contribution in [-0.2, 0) is 4.74 Å². The van der Waals surface area contributed by atoms with Crippen LogP contribution in [0, 0.1) is 0 Å². The van der Waals surface area contributed by atoms with Crippen LogP contribution in [0.5, 0.6) is 0 Å². The van der Waals surface area contributed by atoms with Crippen LogP contribution in [0.2, 0.25) is 0 Å². The first-order valence-electron chi connectivity index (χ1n) is 6.68. The quantitative estimate of drug-likeness (QED) is 0.759. The molecule has 1 aliphatic rings. The van der Waals surface area contributed by atoms with Gasteiger partial charge in [-0.2, -0.15) is 8.75 Å². The Kier molecular flexibility index (Phi) is 5.68. The maximum absolute atomic E-state index is 11.5. The van der Waals surface area contributed by atoms with Gasteiger partial charge >= 0.3 is 0 Å². The molecule has 1 fully saturated rings. The average molecular weight is 284 g/mol. The predicted molar refractivity (Wildman–Crippen MR) is 73.0 cm³/mol. The van der Waals surface area contributed by atoms with E-state index in [1.807, 2.05) is 0 Å². The number of ether oxygens (including phenoxy) is 1. The largest absolute Gasteiger partial charge is 0.378 e. The summed E-state index contributed by atoms with van der Waals surface area (Å²) in [6.07, 6.45) is 6.85. The van der Waals surface area contributed by atoms with Gasteiger partial charge in [-0.25, -0.2) is 0 Å². The minimum absolute atomic E-state index is 0.169. The zero-order valence-corrected chi connectivity index (χ0v) is 11.7. The van der Waals surface area contributed by atoms with Gasteiger partial charge in [0.2, 0.25) is 0 Å². The minimum atomic E-state index is -0.169. The Hall–Kier alpha value is -1.05. The summed E-state index contributed by atoms with van der Waals surface area (Å²) >= 11 is 1.03. The summed E-state index contributed by atoms with van der Waals surface area (Å²) in [5, 5.41) is 2.80. The Labute approximate surface area is 117 Å². The van der Waals surface area contributed by atoms with Crippen molar-refractivity contribution in [2.24, 2.45) is 5.73 Å². The molecule has 19 heavy (non-hydrogen) atoms. The molecule has 1 aromatic heterocycles. The summed E-state index contributed by atoms with van der Waals surface area (Å²) < 4.78 is 13.4. The van der Waals surface area contributed by atoms with Crippen LogP contribution in [0.15, 0.2) is 6.20 Å². The van der Waals surface area contributed by atoms with Crippen LogP contribution in [0.1, 0.15) is 42.6 Å². The highest BCUT2D eigenvalue weighted by molar-refractivity contribution is 6.99.